The normalized spacial score (nSPS) is 14.8. The van der Waals surface area contributed by atoms with Crippen molar-refractivity contribution in [2.24, 2.45) is 0 Å². The van der Waals surface area contributed by atoms with Crippen LogP contribution in [0, 0.1) is 0 Å². The molecule has 2 aliphatic heterocycles. The summed E-state index contributed by atoms with van der Waals surface area (Å²) in [5.74, 6) is 0.922. The molecule has 4 rings (SSSR count). The minimum Gasteiger partial charge on any atom is -0.463 e. The first-order valence-electron chi connectivity index (χ1n) is 19.9. The number of nitrogens with zero attached hydrogens (tertiary/aromatic N) is 2. The van der Waals surface area contributed by atoms with E-state index in [4.69, 9.17) is 8.83 Å². The number of fused-ring (bicyclic) bond motifs is 1. The Hall–Kier alpha value is -3.02. The molecule has 0 atom stereocenters. The molecule has 2 aliphatic rings. The van der Waals surface area contributed by atoms with Crippen LogP contribution in [0.1, 0.15) is 179 Å². The lowest BCUT2D eigenvalue weighted by molar-refractivity contribution is -0.124. The fraction of sp³-hybridized carbons (Fsp3) is 0.667. The SMILES string of the molecule is CCCCCCCCCCCCCCN1C(=O)C2=C(c3ccco3)N(CCCCCCCCCCCCCC)C(=O)C2=C1c1ccco1. The summed E-state index contributed by atoms with van der Waals surface area (Å²) in [4.78, 5) is 31.9. The summed E-state index contributed by atoms with van der Waals surface area (Å²) in [6, 6.07) is 7.38. The summed E-state index contributed by atoms with van der Waals surface area (Å²) in [6.07, 6.45) is 33.6. The zero-order valence-corrected chi connectivity index (χ0v) is 30.4. The van der Waals surface area contributed by atoms with E-state index in [1.165, 1.54) is 128 Å². The van der Waals surface area contributed by atoms with E-state index in [1.54, 1.807) is 22.3 Å². The maximum atomic E-state index is 14.2. The smallest absolute Gasteiger partial charge is 0.261 e. The maximum Gasteiger partial charge on any atom is 0.261 e. The summed E-state index contributed by atoms with van der Waals surface area (Å²) in [6.45, 7) is 5.70. The first kappa shape index (κ1) is 37.8. The van der Waals surface area contributed by atoms with Crippen LogP contribution in [-0.4, -0.2) is 34.7 Å². The van der Waals surface area contributed by atoms with E-state index in [9.17, 15) is 9.59 Å². The van der Waals surface area contributed by atoms with Gasteiger partial charge >= 0.3 is 0 Å². The van der Waals surface area contributed by atoms with Crippen LogP contribution in [0.4, 0.5) is 0 Å². The van der Waals surface area contributed by atoms with Gasteiger partial charge in [-0.1, -0.05) is 155 Å². The fourth-order valence-electron chi connectivity index (χ4n) is 7.38. The van der Waals surface area contributed by atoms with Gasteiger partial charge in [-0.2, -0.15) is 0 Å². The first-order valence-corrected chi connectivity index (χ1v) is 19.9. The van der Waals surface area contributed by atoms with E-state index in [0.29, 0.717) is 47.2 Å². The minimum absolute atomic E-state index is 0.114. The fourth-order valence-corrected chi connectivity index (χ4v) is 7.38. The minimum atomic E-state index is -0.114. The van der Waals surface area contributed by atoms with Gasteiger partial charge in [-0.15, -0.1) is 0 Å². The van der Waals surface area contributed by atoms with E-state index < -0.39 is 0 Å². The number of hydrogen-bond donors (Lipinski definition) is 0. The molecule has 2 aromatic heterocycles. The number of unbranched alkanes of at least 4 members (excludes halogenated alkanes) is 22. The highest BCUT2D eigenvalue weighted by atomic mass is 16.3. The van der Waals surface area contributed by atoms with Gasteiger partial charge in [0.05, 0.1) is 23.7 Å². The molecule has 0 radical (unpaired) electrons. The van der Waals surface area contributed by atoms with Gasteiger partial charge in [0.15, 0.2) is 11.5 Å². The van der Waals surface area contributed by atoms with E-state index in [0.717, 1.165) is 25.7 Å². The standard InChI is InChI=1S/C42H64N2O4/c1-3-5-7-9-11-13-15-17-19-21-23-25-31-43-39(35-29-27-33-47-35)37-38(41(43)45)40(36-30-28-34-48-36)44(42(37)46)32-26-24-22-20-18-16-14-12-10-8-6-4-2/h27-30,33-34H,3-26,31-32H2,1-2H3. The van der Waals surface area contributed by atoms with Crippen LogP contribution in [0.25, 0.3) is 11.4 Å². The van der Waals surface area contributed by atoms with Crippen molar-refractivity contribution >= 4 is 23.2 Å². The van der Waals surface area contributed by atoms with Crippen molar-refractivity contribution in [3.05, 3.63) is 59.5 Å². The van der Waals surface area contributed by atoms with Crippen LogP contribution in [-0.2, 0) is 9.59 Å². The van der Waals surface area contributed by atoms with Crippen LogP contribution < -0.4 is 0 Å². The molecule has 0 aliphatic carbocycles. The molecule has 0 unspecified atom stereocenters. The van der Waals surface area contributed by atoms with E-state index in [1.807, 2.05) is 24.3 Å². The van der Waals surface area contributed by atoms with E-state index >= 15 is 0 Å². The van der Waals surface area contributed by atoms with E-state index in [-0.39, 0.29) is 11.8 Å². The zero-order valence-electron chi connectivity index (χ0n) is 30.4. The predicted octanol–water partition coefficient (Wildman–Crippen LogP) is 12.1. The van der Waals surface area contributed by atoms with Crippen LogP contribution in [0.5, 0.6) is 0 Å². The highest BCUT2D eigenvalue weighted by Gasteiger charge is 2.49. The largest absolute Gasteiger partial charge is 0.463 e. The van der Waals surface area contributed by atoms with Crippen molar-refractivity contribution < 1.29 is 18.4 Å². The number of rotatable bonds is 28. The third-order valence-corrected chi connectivity index (χ3v) is 10.2. The molecule has 6 nitrogen and oxygen atoms in total. The maximum absolute atomic E-state index is 14.2. The Morgan fingerprint density at radius 2 is 0.729 bits per heavy atom. The molecule has 6 heteroatoms. The van der Waals surface area contributed by atoms with Gasteiger partial charge in [0.25, 0.3) is 11.8 Å². The monoisotopic (exact) mass is 660 g/mol. The van der Waals surface area contributed by atoms with Crippen molar-refractivity contribution in [1.29, 1.82) is 0 Å². The molecule has 0 fully saturated rings. The molecule has 2 aromatic rings. The summed E-state index contributed by atoms with van der Waals surface area (Å²) in [7, 11) is 0. The second-order valence-corrected chi connectivity index (χ2v) is 14.1. The van der Waals surface area contributed by atoms with Gasteiger partial charge in [0.2, 0.25) is 0 Å². The molecule has 0 N–H and O–H groups in total. The second-order valence-electron chi connectivity index (χ2n) is 14.1. The molecular weight excluding hydrogens is 596 g/mol. The summed E-state index contributed by atoms with van der Waals surface area (Å²) >= 11 is 0. The molecule has 0 saturated heterocycles. The molecule has 0 bridgehead atoms. The highest BCUT2D eigenvalue weighted by molar-refractivity contribution is 6.29. The topological polar surface area (TPSA) is 66.9 Å². The predicted molar refractivity (Wildman–Crippen MR) is 197 cm³/mol. The quantitative estimate of drug-likeness (QED) is 0.0852. The van der Waals surface area contributed by atoms with Crippen LogP contribution in [0.3, 0.4) is 0 Å². The summed E-state index contributed by atoms with van der Waals surface area (Å²) < 4.78 is 11.7. The van der Waals surface area contributed by atoms with Gasteiger partial charge in [-0.05, 0) is 37.1 Å². The van der Waals surface area contributed by atoms with Crippen LogP contribution in [0.15, 0.2) is 56.8 Å². The highest BCUT2D eigenvalue weighted by Crippen LogP contribution is 2.46. The Morgan fingerprint density at radius 3 is 1.00 bits per heavy atom. The van der Waals surface area contributed by atoms with Crippen molar-refractivity contribution in [3.8, 4) is 0 Å². The van der Waals surface area contributed by atoms with E-state index in [2.05, 4.69) is 13.8 Å². The van der Waals surface area contributed by atoms with Crippen molar-refractivity contribution in [3.63, 3.8) is 0 Å². The number of carbonyl (C=O) groups excluding carboxylic acids is 2. The van der Waals surface area contributed by atoms with Gasteiger partial charge in [0.1, 0.15) is 11.4 Å². The molecule has 48 heavy (non-hydrogen) atoms. The third kappa shape index (κ3) is 11.0. The zero-order chi connectivity index (χ0) is 33.8. The Morgan fingerprint density at radius 1 is 0.438 bits per heavy atom. The molecule has 0 spiro atoms. The van der Waals surface area contributed by atoms with Gasteiger partial charge in [-0.3, -0.25) is 9.59 Å². The van der Waals surface area contributed by atoms with Gasteiger partial charge in [-0.25, -0.2) is 0 Å². The Bertz CT molecular complexity index is 1160. The van der Waals surface area contributed by atoms with Crippen LogP contribution >= 0.6 is 0 Å². The number of carbonyl (C=O) groups is 2. The van der Waals surface area contributed by atoms with Gasteiger partial charge < -0.3 is 18.6 Å². The average molecular weight is 661 g/mol. The van der Waals surface area contributed by atoms with Crippen LogP contribution in [0.2, 0.25) is 0 Å². The molecule has 0 saturated carbocycles. The number of amides is 2. The Balaban J connectivity index is 1.30. The lowest BCUT2D eigenvalue weighted by atomic mass is 10.1. The first-order chi connectivity index (χ1) is 23.7. The van der Waals surface area contributed by atoms with Crippen molar-refractivity contribution in [1.82, 2.24) is 9.80 Å². The third-order valence-electron chi connectivity index (χ3n) is 10.2. The molecule has 2 amide bonds. The lowest BCUT2D eigenvalue weighted by Gasteiger charge is -2.23. The number of furan rings is 2. The van der Waals surface area contributed by atoms with Gasteiger partial charge in [0, 0.05) is 13.1 Å². The average Bonchev–Trinajstić information content (AvgIpc) is 3.90. The summed E-state index contributed by atoms with van der Waals surface area (Å²) in [5.41, 5.74) is 2.18. The molecular formula is C42H64N2O4. The Kier molecular flexibility index (Phi) is 17.2. The molecule has 266 valence electrons. The lowest BCUT2D eigenvalue weighted by Crippen LogP contribution is -2.31. The molecule has 0 aromatic carbocycles. The molecule has 4 heterocycles. The summed E-state index contributed by atoms with van der Waals surface area (Å²) in [5, 5.41) is 0. The Labute approximate surface area is 291 Å². The second kappa shape index (κ2) is 21.8. The van der Waals surface area contributed by atoms with Crippen molar-refractivity contribution in [2.45, 2.75) is 168 Å². The van der Waals surface area contributed by atoms with Crippen molar-refractivity contribution in [2.75, 3.05) is 13.1 Å². The number of hydrogen-bond acceptors (Lipinski definition) is 4.